The van der Waals surface area contributed by atoms with Gasteiger partial charge in [-0.3, -0.25) is 9.59 Å². The molecular formula is C19H24N2O3S. The molecule has 0 spiro atoms. The highest BCUT2D eigenvalue weighted by Crippen LogP contribution is 2.23. The van der Waals surface area contributed by atoms with E-state index >= 15 is 0 Å². The molecule has 1 amide bonds. The molecule has 0 fully saturated rings. The van der Waals surface area contributed by atoms with Gasteiger partial charge < -0.3 is 10.1 Å². The Morgan fingerprint density at radius 2 is 1.92 bits per heavy atom. The van der Waals surface area contributed by atoms with Crippen LogP contribution in [0.4, 0.5) is 5.13 Å². The molecule has 0 radical (unpaired) electrons. The van der Waals surface area contributed by atoms with Gasteiger partial charge in [-0.2, -0.15) is 0 Å². The highest BCUT2D eigenvalue weighted by molar-refractivity contribution is 7.17. The van der Waals surface area contributed by atoms with Crippen LogP contribution in [0.15, 0.2) is 24.3 Å². The predicted molar refractivity (Wildman–Crippen MR) is 101 cm³/mol. The molecular weight excluding hydrogens is 336 g/mol. The van der Waals surface area contributed by atoms with E-state index in [0.717, 1.165) is 5.75 Å². The molecule has 0 saturated carbocycles. The van der Waals surface area contributed by atoms with E-state index in [9.17, 15) is 9.59 Å². The molecule has 0 atom stereocenters. The van der Waals surface area contributed by atoms with Crippen molar-refractivity contribution in [1.29, 1.82) is 0 Å². The molecule has 1 N–H and O–H groups in total. The number of nitrogens with zero attached hydrogens (tertiary/aromatic N) is 1. The van der Waals surface area contributed by atoms with Crippen molar-refractivity contribution in [1.82, 2.24) is 4.98 Å². The van der Waals surface area contributed by atoms with E-state index in [1.54, 1.807) is 6.92 Å². The summed E-state index contributed by atoms with van der Waals surface area (Å²) >= 11 is 1.21. The Labute approximate surface area is 152 Å². The first-order valence-electron chi connectivity index (χ1n) is 8.37. The number of hydrogen-bond donors (Lipinski definition) is 1. The Bertz CT molecular complexity index is 736. The summed E-state index contributed by atoms with van der Waals surface area (Å²) in [4.78, 5) is 28.2. The third-order valence-corrected chi connectivity index (χ3v) is 4.90. The molecule has 0 bridgehead atoms. The molecule has 1 aromatic carbocycles. The zero-order chi connectivity index (χ0) is 18.4. The largest absolute Gasteiger partial charge is 0.494 e. The summed E-state index contributed by atoms with van der Waals surface area (Å²) in [7, 11) is 0. The van der Waals surface area contributed by atoms with Crippen LogP contribution in [0.1, 0.15) is 60.5 Å². The van der Waals surface area contributed by atoms with E-state index in [1.165, 1.54) is 23.8 Å². The molecule has 6 heteroatoms. The molecule has 0 saturated heterocycles. The number of ether oxygens (including phenoxy) is 1. The monoisotopic (exact) mass is 360 g/mol. The smallest absolute Gasteiger partial charge is 0.226 e. The minimum atomic E-state index is -0.123. The Kier molecular flexibility index (Phi) is 6.70. The van der Waals surface area contributed by atoms with E-state index in [-0.39, 0.29) is 11.7 Å². The summed E-state index contributed by atoms with van der Waals surface area (Å²) in [6.45, 7) is 8.04. The normalized spacial score (nSPS) is 10.8. The van der Waals surface area contributed by atoms with Gasteiger partial charge in [-0.1, -0.05) is 37.3 Å². The number of aromatic nitrogens is 1. The van der Waals surface area contributed by atoms with Crippen LogP contribution in [-0.2, 0) is 4.79 Å². The fraction of sp³-hybridized carbons (Fsp3) is 0.421. The Hall–Kier alpha value is -2.21. The first-order chi connectivity index (χ1) is 11.9. The molecule has 0 aliphatic rings. The van der Waals surface area contributed by atoms with E-state index < -0.39 is 0 Å². The third kappa shape index (κ3) is 5.67. The van der Waals surface area contributed by atoms with Crippen LogP contribution in [0, 0.1) is 6.92 Å². The number of carbonyl (C=O) groups excluding carboxylic acids is 2. The Morgan fingerprint density at radius 3 is 2.48 bits per heavy atom. The van der Waals surface area contributed by atoms with Crippen molar-refractivity contribution in [2.24, 2.45) is 0 Å². The lowest BCUT2D eigenvalue weighted by atomic mass is 10.0. The fourth-order valence-electron chi connectivity index (χ4n) is 2.33. The van der Waals surface area contributed by atoms with Gasteiger partial charge in [0.1, 0.15) is 5.75 Å². The highest BCUT2D eigenvalue weighted by atomic mass is 32.1. The topological polar surface area (TPSA) is 68.3 Å². The average Bonchev–Trinajstić information content (AvgIpc) is 2.92. The minimum absolute atomic E-state index is 0.0348. The zero-order valence-electron chi connectivity index (χ0n) is 15.1. The van der Waals surface area contributed by atoms with E-state index in [1.807, 2.05) is 12.1 Å². The maximum Gasteiger partial charge on any atom is 0.226 e. The van der Waals surface area contributed by atoms with Crippen molar-refractivity contribution in [2.75, 3.05) is 11.9 Å². The van der Waals surface area contributed by atoms with Gasteiger partial charge in [-0.25, -0.2) is 4.98 Å². The lowest BCUT2D eigenvalue weighted by Gasteiger charge is -2.08. The van der Waals surface area contributed by atoms with Crippen molar-refractivity contribution >= 4 is 28.2 Å². The number of hydrogen-bond acceptors (Lipinski definition) is 5. The third-order valence-electron chi connectivity index (χ3n) is 3.73. The van der Waals surface area contributed by atoms with Crippen LogP contribution in [0.5, 0.6) is 5.75 Å². The quantitative estimate of drug-likeness (QED) is 0.553. The number of carbonyl (C=O) groups is 2. The first kappa shape index (κ1) is 19.1. The summed E-state index contributed by atoms with van der Waals surface area (Å²) in [5, 5.41) is 3.21. The first-order valence-corrected chi connectivity index (χ1v) is 9.19. The number of thiazole rings is 1. The van der Waals surface area contributed by atoms with Gasteiger partial charge in [0, 0.05) is 13.3 Å². The van der Waals surface area contributed by atoms with Crippen LogP contribution < -0.4 is 10.1 Å². The van der Waals surface area contributed by atoms with Gasteiger partial charge in [0.15, 0.2) is 10.9 Å². The lowest BCUT2D eigenvalue weighted by Crippen LogP contribution is -2.12. The van der Waals surface area contributed by atoms with Gasteiger partial charge in [0.2, 0.25) is 5.91 Å². The van der Waals surface area contributed by atoms with Crippen LogP contribution >= 0.6 is 11.3 Å². The Balaban J connectivity index is 1.73. The molecule has 0 aliphatic heterocycles. The van der Waals surface area contributed by atoms with Gasteiger partial charge in [-0.05, 0) is 37.0 Å². The second-order valence-electron chi connectivity index (χ2n) is 6.21. The number of amides is 1. The lowest BCUT2D eigenvalue weighted by molar-refractivity contribution is -0.116. The van der Waals surface area contributed by atoms with Crippen molar-refractivity contribution in [3.05, 3.63) is 40.4 Å². The van der Waals surface area contributed by atoms with Crippen LogP contribution in [0.3, 0.4) is 0 Å². The zero-order valence-corrected chi connectivity index (χ0v) is 15.9. The Morgan fingerprint density at radius 1 is 1.24 bits per heavy atom. The van der Waals surface area contributed by atoms with E-state index in [2.05, 4.69) is 36.3 Å². The summed E-state index contributed by atoms with van der Waals surface area (Å²) in [6, 6.07) is 8.03. The van der Waals surface area contributed by atoms with Crippen LogP contribution in [0.25, 0.3) is 0 Å². The number of rotatable bonds is 8. The van der Waals surface area contributed by atoms with E-state index in [0.29, 0.717) is 41.1 Å². The van der Waals surface area contributed by atoms with Crippen molar-refractivity contribution in [3.8, 4) is 5.75 Å². The SMILES string of the molecule is CC(=O)c1sc(NC(=O)CCCOc2ccc(C(C)C)cc2)nc1C. The summed E-state index contributed by atoms with van der Waals surface area (Å²) in [5.41, 5.74) is 1.93. The van der Waals surface area contributed by atoms with Crippen molar-refractivity contribution < 1.29 is 14.3 Å². The average molecular weight is 360 g/mol. The number of benzene rings is 1. The number of aryl methyl sites for hydroxylation is 1. The van der Waals surface area contributed by atoms with E-state index in [4.69, 9.17) is 4.74 Å². The van der Waals surface area contributed by atoms with Crippen molar-refractivity contribution in [3.63, 3.8) is 0 Å². The molecule has 1 heterocycles. The highest BCUT2D eigenvalue weighted by Gasteiger charge is 2.13. The molecule has 2 rings (SSSR count). The molecule has 1 aromatic heterocycles. The number of ketones is 1. The second-order valence-corrected chi connectivity index (χ2v) is 7.21. The summed E-state index contributed by atoms with van der Waals surface area (Å²) in [6.07, 6.45) is 0.958. The molecule has 134 valence electrons. The van der Waals surface area contributed by atoms with Crippen molar-refractivity contribution in [2.45, 2.75) is 46.5 Å². The molecule has 0 unspecified atom stereocenters. The van der Waals surface area contributed by atoms with Gasteiger partial charge in [0.05, 0.1) is 17.2 Å². The minimum Gasteiger partial charge on any atom is -0.494 e. The molecule has 2 aromatic rings. The maximum absolute atomic E-state index is 11.9. The number of anilines is 1. The van der Waals surface area contributed by atoms with Gasteiger partial charge in [0.25, 0.3) is 0 Å². The van der Waals surface area contributed by atoms with Gasteiger partial charge >= 0.3 is 0 Å². The van der Waals surface area contributed by atoms with Crippen LogP contribution in [-0.4, -0.2) is 23.3 Å². The number of Topliss-reactive ketones (excluding diaryl/α,β-unsaturated/α-hetero) is 1. The van der Waals surface area contributed by atoms with Gasteiger partial charge in [-0.15, -0.1) is 0 Å². The fourth-order valence-corrected chi connectivity index (χ4v) is 3.21. The molecule has 5 nitrogen and oxygen atoms in total. The second kappa shape index (κ2) is 8.76. The standard InChI is InChI=1S/C19H24N2O3S/c1-12(2)15-7-9-16(10-8-15)24-11-5-6-17(23)21-19-20-13(3)18(25-19)14(4)22/h7-10,12H,5-6,11H2,1-4H3,(H,20,21,23). The molecule has 0 aliphatic carbocycles. The molecule has 25 heavy (non-hydrogen) atoms. The predicted octanol–water partition coefficient (Wildman–Crippen LogP) is 4.58. The maximum atomic E-state index is 11.9. The number of nitrogens with one attached hydrogen (secondary N) is 1. The summed E-state index contributed by atoms with van der Waals surface area (Å²) in [5.74, 6) is 1.15. The van der Waals surface area contributed by atoms with Crippen LogP contribution in [0.2, 0.25) is 0 Å². The summed E-state index contributed by atoms with van der Waals surface area (Å²) < 4.78 is 5.66.